The predicted octanol–water partition coefficient (Wildman–Crippen LogP) is 2.46. The number of morpholine rings is 1. The average Bonchev–Trinajstić information content (AvgIpc) is 3.25. The molecule has 3 heterocycles. The number of fused-ring (bicyclic) bond motifs is 1. The van der Waals surface area contributed by atoms with Crippen LogP contribution in [0, 0.1) is 5.82 Å². The second kappa shape index (κ2) is 7.40. The van der Waals surface area contributed by atoms with E-state index in [9.17, 15) is 14.3 Å². The maximum atomic E-state index is 13.7. The summed E-state index contributed by atoms with van der Waals surface area (Å²) in [6.45, 7) is 4.35. The number of nitrogens with zero attached hydrogens (tertiary/aromatic N) is 2. The molecular formula is C19H22FN3O5. The van der Waals surface area contributed by atoms with Crippen molar-refractivity contribution in [1.29, 1.82) is 0 Å². The number of nitrogens with one attached hydrogen (secondary N) is 1. The van der Waals surface area contributed by atoms with Gasteiger partial charge >= 0.3 is 5.97 Å². The molecule has 2 aromatic rings. The Morgan fingerprint density at radius 2 is 2.25 bits per heavy atom. The van der Waals surface area contributed by atoms with Crippen LogP contribution in [0.15, 0.2) is 22.7 Å². The minimum atomic E-state index is -1.17. The third-order valence-electron chi connectivity index (χ3n) is 5.25. The lowest BCUT2D eigenvalue weighted by atomic mass is 10.1. The molecule has 2 N–H and O–H groups in total. The van der Waals surface area contributed by atoms with Gasteiger partial charge in [0, 0.05) is 30.7 Å². The molecule has 0 saturated carbocycles. The number of aromatic nitrogens is 1. The quantitative estimate of drug-likeness (QED) is 0.802. The number of hydrogen-bond acceptors (Lipinski definition) is 7. The van der Waals surface area contributed by atoms with Crippen LogP contribution in [0.4, 0.5) is 10.2 Å². The highest BCUT2D eigenvalue weighted by molar-refractivity contribution is 5.99. The zero-order chi connectivity index (χ0) is 19.8. The number of ether oxygens (including phenoxy) is 2. The van der Waals surface area contributed by atoms with Crippen LogP contribution in [-0.2, 0) is 4.74 Å². The van der Waals surface area contributed by atoms with Gasteiger partial charge in [0.05, 0.1) is 19.8 Å². The van der Waals surface area contributed by atoms with Crippen molar-refractivity contribution in [2.75, 3.05) is 32.1 Å². The highest BCUT2D eigenvalue weighted by atomic mass is 19.1. The Labute approximate surface area is 161 Å². The van der Waals surface area contributed by atoms with Crippen molar-refractivity contribution >= 4 is 11.8 Å². The summed E-state index contributed by atoms with van der Waals surface area (Å²) in [4.78, 5) is 14.2. The first kappa shape index (κ1) is 18.7. The molecule has 8 nitrogen and oxygen atoms in total. The van der Waals surface area contributed by atoms with E-state index >= 15 is 0 Å². The Morgan fingerprint density at radius 1 is 1.43 bits per heavy atom. The second-order valence-electron chi connectivity index (χ2n) is 7.22. The Kier molecular flexibility index (Phi) is 4.94. The van der Waals surface area contributed by atoms with Crippen LogP contribution in [0.2, 0.25) is 0 Å². The van der Waals surface area contributed by atoms with Crippen molar-refractivity contribution in [2.45, 2.75) is 31.5 Å². The third-order valence-corrected chi connectivity index (χ3v) is 5.25. The lowest BCUT2D eigenvalue weighted by Gasteiger charge is -2.33. The van der Waals surface area contributed by atoms with Gasteiger partial charge in [-0.25, -0.2) is 9.18 Å². The molecule has 4 rings (SSSR count). The first-order valence-corrected chi connectivity index (χ1v) is 9.15. The van der Waals surface area contributed by atoms with Crippen molar-refractivity contribution in [3.63, 3.8) is 0 Å². The zero-order valence-corrected chi connectivity index (χ0v) is 15.6. The fourth-order valence-corrected chi connectivity index (χ4v) is 3.92. The molecule has 9 heteroatoms. The van der Waals surface area contributed by atoms with Gasteiger partial charge in [0.2, 0.25) is 0 Å². The summed E-state index contributed by atoms with van der Waals surface area (Å²) in [6, 6.07) is 4.38. The van der Waals surface area contributed by atoms with E-state index in [1.165, 1.54) is 25.3 Å². The van der Waals surface area contributed by atoms with Crippen LogP contribution in [0.5, 0.6) is 5.75 Å². The van der Waals surface area contributed by atoms with Gasteiger partial charge in [0.25, 0.3) is 0 Å². The molecule has 0 spiro atoms. The summed E-state index contributed by atoms with van der Waals surface area (Å²) in [6.07, 6.45) is 1.02. The summed E-state index contributed by atoms with van der Waals surface area (Å²) in [5, 5.41) is 16.9. The maximum Gasteiger partial charge on any atom is 0.343 e. The number of halogens is 1. The van der Waals surface area contributed by atoms with Gasteiger partial charge in [0.15, 0.2) is 28.7 Å². The first-order chi connectivity index (χ1) is 13.5. The lowest BCUT2D eigenvalue weighted by molar-refractivity contribution is -0.0390. The Balaban J connectivity index is 1.58. The molecule has 0 unspecified atom stereocenters. The molecule has 0 radical (unpaired) electrons. The van der Waals surface area contributed by atoms with Gasteiger partial charge in [-0.2, -0.15) is 0 Å². The van der Waals surface area contributed by atoms with Gasteiger partial charge in [-0.3, -0.25) is 4.90 Å². The topological polar surface area (TPSA) is 97.1 Å². The molecule has 1 aromatic carbocycles. The summed E-state index contributed by atoms with van der Waals surface area (Å²) in [5.41, 5.74) is 0.297. The molecule has 1 aromatic heterocycles. The number of benzene rings is 1. The SMILES string of the molecule is COc1cc(-c2onc(N[C@H]3C[C@H]4CO[C@H](C)CN4C3)c2C(=O)O)ccc1F. The number of methoxy groups -OCH3 is 1. The van der Waals surface area contributed by atoms with E-state index < -0.39 is 11.8 Å². The van der Waals surface area contributed by atoms with Gasteiger partial charge in [0.1, 0.15) is 0 Å². The summed E-state index contributed by atoms with van der Waals surface area (Å²) in [5.74, 6) is -1.48. The van der Waals surface area contributed by atoms with Crippen molar-refractivity contribution in [3.8, 4) is 17.1 Å². The van der Waals surface area contributed by atoms with E-state index in [1.54, 1.807) is 0 Å². The molecular weight excluding hydrogens is 369 g/mol. The predicted molar refractivity (Wildman–Crippen MR) is 98.2 cm³/mol. The number of aromatic carboxylic acids is 1. The maximum absolute atomic E-state index is 13.7. The van der Waals surface area contributed by atoms with E-state index in [0.717, 1.165) is 19.5 Å². The van der Waals surface area contributed by atoms with Gasteiger partial charge in [-0.05, 0) is 31.5 Å². The fraction of sp³-hybridized carbons (Fsp3) is 0.474. The molecule has 0 bridgehead atoms. The van der Waals surface area contributed by atoms with Crippen molar-refractivity contribution in [2.24, 2.45) is 0 Å². The van der Waals surface area contributed by atoms with Crippen LogP contribution in [0.1, 0.15) is 23.7 Å². The first-order valence-electron chi connectivity index (χ1n) is 9.15. The molecule has 2 saturated heterocycles. The van der Waals surface area contributed by atoms with Crippen molar-refractivity contribution < 1.29 is 28.3 Å². The summed E-state index contributed by atoms with van der Waals surface area (Å²) >= 11 is 0. The number of carbonyl (C=O) groups is 1. The van der Waals surface area contributed by atoms with Crippen molar-refractivity contribution in [1.82, 2.24) is 10.1 Å². The van der Waals surface area contributed by atoms with Crippen molar-refractivity contribution in [3.05, 3.63) is 29.6 Å². The van der Waals surface area contributed by atoms with Crippen LogP contribution < -0.4 is 10.1 Å². The van der Waals surface area contributed by atoms with Gasteiger partial charge < -0.3 is 24.4 Å². The largest absolute Gasteiger partial charge is 0.494 e. The van der Waals surface area contributed by atoms with Crippen LogP contribution in [-0.4, -0.2) is 66.1 Å². The standard InChI is InChI=1S/C19H22FN3O5/c1-10-7-23-8-12(6-13(23)9-27-10)21-18-16(19(24)25)17(28-22-18)11-3-4-14(20)15(5-11)26-2/h3-5,10,12-13H,6-9H2,1-2H3,(H,21,22)(H,24,25)/t10-,12+,13+/m1/s1. The molecule has 0 amide bonds. The zero-order valence-electron chi connectivity index (χ0n) is 15.6. The van der Waals surface area contributed by atoms with Gasteiger partial charge in [-0.1, -0.05) is 5.16 Å². The Morgan fingerprint density at radius 3 is 3.00 bits per heavy atom. The second-order valence-corrected chi connectivity index (χ2v) is 7.22. The Bertz CT molecular complexity index is 886. The molecule has 3 atom stereocenters. The third kappa shape index (κ3) is 3.43. The van der Waals surface area contributed by atoms with Crippen LogP contribution >= 0.6 is 0 Å². The molecule has 2 aliphatic heterocycles. The molecule has 28 heavy (non-hydrogen) atoms. The monoisotopic (exact) mass is 391 g/mol. The smallest absolute Gasteiger partial charge is 0.343 e. The molecule has 2 fully saturated rings. The van der Waals surface area contributed by atoms with E-state index in [1.807, 2.05) is 6.92 Å². The minimum Gasteiger partial charge on any atom is -0.494 e. The van der Waals surface area contributed by atoms with Crippen LogP contribution in [0.3, 0.4) is 0 Å². The highest BCUT2D eigenvalue weighted by Gasteiger charge is 2.37. The molecule has 0 aliphatic carbocycles. The number of rotatable bonds is 5. The minimum absolute atomic E-state index is 0.00142. The van der Waals surface area contributed by atoms with Crippen LogP contribution in [0.25, 0.3) is 11.3 Å². The number of carboxylic acid groups (broad SMARTS) is 1. The Hall–Kier alpha value is -2.65. The number of anilines is 1. The van der Waals surface area contributed by atoms with Gasteiger partial charge in [-0.15, -0.1) is 0 Å². The fourth-order valence-electron chi connectivity index (χ4n) is 3.92. The number of carboxylic acids is 1. The summed E-state index contributed by atoms with van der Waals surface area (Å²) < 4.78 is 29.7. The average molecular weight is 391 g/mol. The highest BCUT2D eigenvalue weighted by Crippen LogP contribution is 2.34. The molecule has 150 valence electrons. The normalized spacial score (nSPS) is 24.8. The van der Waals surface area contributed by atoms with E-state index in [4.69, 9.17) is 14.0 Å². The van der Waals surface area contributed by atoms with E-state index in [0.29, 0.717) is 18.2 Å². The van der Waals surface area contributed by atoms with E-state index in [-0.39, 0.29) is 35.0 Å². The lowest BCUT2D eigenvalue weighted by Crippen LogP contribution is -2.45. The number of hydrogen-bond donors (Lipinski definition) is 2. The molecule has 2 aliphatic rings. The summed E-state index contributed by atoms with van der Waals surface area (Å²) in [7, 11) is 1.34. The van der Waals surface area contributed by atoms with E-state index in [2.05, 4.69) is 15.4 Å².